The van der Waals surface area contributed by atoms with Crippen LogP contribution in [0.1, 0.15) is 39.4 Å². The largest absolute Gasteiger partial charge is 0.444 e. The third-order valence-corrected chi connectivity index (χ3v) is 4.53. The van der Waals surface area contributed by atoms with Crippen LogP contribution in [0.3, 0.4) is 0 Å². The Morgan fingerprint density at radius 1 is 1.11 bits per heavy atom. The summed E-state index contributed by atoms with van der Waals surface area (Å²) in [5, 5.41) is 4.38. The Hall–Kier alpha value is -2.79. The number of aromatic nitrogens is 1. The molecule has 1 atom stereocenters. The molecule has 2 aromatic carbocycles. The standard InChI is InChI=1S/C22H23ClN2O3/c1-14(24-21(27)28-22(2,3)4)18-13-15-9-8-12-17(23)19(15)20(26)25(18)16-10-6-5-7-11-16/h5-14H,1-4H3,(H,24,27)/t14-/m0/s1. The molecule has 0 aliphatic carbocycles. The summed E-state index contributed by atoms with van der Waals surface area (Å²) in [5.41, 5.74) is 0.487. The highest BCUT2D eigenvalue weighted by Crippen LogP contribution is 2.25. The van der Waals surface area contributed by atoms with Crippen LogP contribution in [0.15, 0.2) is 59.4 Å². The van der Waals surface area contributed by atoms with Crippen molar-refractivity contribution < 1.29 is 9.53 Å². The first kappa shape index (κ1) is 20.0. The van der Waals surface area contributed by atoms with Gasteiger partial charge in [-0.1, -0.05) is 41.9 Å². The van der Waals surface area contributed by atoms with Gasteiger partial charge < -0.3 is 10.1 Å². The minimum absolute atomic E-state index is 0.234. The number of amides is 1. The van der Waals surface area contributed by atoms with E-state index in [-0.39, 0.29) is 5.56 Å². The lowest BCUT2D eigenvalue weighted by Gasteiger charge is -2.24. The quantitative estimate of drug-likeness (QED) is 0.657. The van der Waals surface area contributed by atoms with Crippen LogP contribution < -0.4 is 10.9 Å². The van der Waals surface area contributed by atoms with Gasteiger partial charge in [-0.2, -0.15) is 0 Å². The van der Waals surface area contributed by atoms with E-state index >= 15 is 0 Å². The van der Waals surface area contributed by atoms with E-state index in [1.165, 1.54) is 0 Å². The molecule has 1 N–H and O–H groups in total. The second-order valence-corrected chi connectivity index (χ2v) is 8.02. The Bertz CT molecular complexity index is 1070. The summed E-state index contributed by atoms with van der Waals surface area (Å²) in [6.45, 7) is 7.22. The maximum Gasteiger partial charge on any atom is 0.408 e. The first-order valence-corrected chi connectivity index (χ1v) is 9.44. The number of nitrogens with zero attached hydrogens (tertiary/aromatic N) is 1. The second kappa shape index (κ2) is 7.68. The zero-order valence-corrected chi connectivity index (χ0v) is 17.1. The zero-order valence-electron chi connectivity index (χ0n) is 16.3. The summed E-state index contributed by atoms with van der Waals surface area (Å²) in [7, 11) is 0. The van der Waals surface area contributed by atoms with Crippen molar-refractivity contribution in [3.8, 4) is 5.69 Å². The van der Waals surface area contributed by atoms with Gasteiger partial charge >= 0.3 is 6.09 Å². The number of rotatable bonds is 3. The van der Waals surface area contributed by atoms with Gasteiger partial charge in [-0.05, 0) is 57.3 Å². The van der Waals surface area contributed by atoms with Gasteiger partial charge in [0.2, 0.25) is 0 Å². The summed E-state index contributed by atoms with van der Waals surface area (Å²) in [6, 6.07) is 16.0. The van der Waals surface area contributed by atoms with Crippen LogP contribution in [0.5, 0.6) is 0 Å². The number of fused-ring (bicyclic) bond motifs is 1. The van der Waals surface area contributed by atoms with Gasteiger partial charge in [-0.15, -0.1) is 0 Å². The monoisotopic (exact) mass is 398 g/mol. The molecule has 5 nitrogen and oxygen atoms in total. The van der Waals surface area contributed by atoms with Crippen molar-refractivity contribution in [3.05, 3.63) is 75.7 Å². The van der Waals surface area contributed by atoms with E-state index in [4.69, 9.17) is 16.3 Å². The average molecular weight is 399 g/mol. The van der Waals surface area contributed by atoms with Crippen molar-refractivity contribution in [2.24, 2.45) is 0 Å². The first-order valence-electron chi connectivity index (χ1n) is 9.06. The minimum Gasteiger partial charge on any atom is -0.444 e. The number of ether oxygens (including phenoxy) is 1. The van der Waals surface area contributed by atoms with Crippen LogP contribution in [-0.2, 0) is 4.74 Å². The number of hydrogen-bond acceptors (Lipinski definition) is 3. The Morgan fingerprint density at radius 2 is 1.79 bits per heavy atom. The molecule has 0 spiro atoms. The molecule has 0 fully saturated rings. The predicted octanol–water partition coefficient (Wildman–Crippen LogP) is 5.23. The van der Waals surface area contributed by atoms with E-state index in [2.05, 4.69) is 5.32 Å². The lowest BCUT2D eigenvalue weighted by Crippen LogP contribution is -2.36. The molecule has 0 saturated carbocycles. The molecule has 0 unspecified atom stereocenters. The van der Waals surface area contributed by atoms with E-state index in [1.807, 2.05) is 49.4 Å². The number of para-hydroxylation sites is 1. The SMILES string of the molecule is C[C@H](NC(=O)OC(C)(C)C)c1cc2cccc(Cl)c2c(=O)n1-c1ccccc1. The third-order valence-electron chi connectivity index (χ3n) is 4.22. The lowest BCUT2D eigenvalue weighted by atomic mass is 10.1. The van der Waals surface area contributed by atoms with Gasteiger partial charge in [-0.25, -0.2) is 4.79 Å². The number of nitrogens with one attached hydrogen (secondary N) is 1. The van der Waals surface area contributed by atoms with Crippen LogP contribution in [0.2, 0.25) is 5.02 Å². The fourth-order valence-corrected chi connectivity index (χ4v) is 3.32. The topological polar surface area (TPSA) is 60.3 Å². The molecule has 6 heteroatoms. The summed E-state index contributed by atoms with van der Waals surface area (Å²) >= 11 is 6.31. The molecule has 0 aliphatic rings. The fourth-order valence-electron chi connectivity index (χ4n) is 3.06. The number of alkyl carbamates (subject to hydrolysis) is 1. The van der Waals surface area contributed by atoms with Gasteiger partial charge in [0, 0.05) is 11.4 Å². The van der Waals surface area contributed by atoms with Crippen LogP contribution in [0.4, 0.5) is 4.79 Å². The second-order valence-electron chi connectivity index (χ2n) is 7.62. The van der Waals surface area contributed by atoms with Gasteiger partial charge in [0.25, 0.3) is 5.56 Å². The summed E-state index contributed by atoms with van der Waals surface area (Å²) in [6.07, 6.45) is -0.543. The summed E-state index contributed by atoms with van der Waals surface area (Å²) in [5.74, 6) is 0. The first-order chi connectivity index (χ1) is 13.2. The number of carbonyl (C=O) groups excluding carboxylic acids is 1. The van der Waals surface area contributed by atoms with Crippen LogP contribution in [0, 0.1) is 0 Å². The highest BCUT2D eigenvalue weighted by Gasteiger charge is 2.22. The highest BCUT2D eigenvalue weighted by atomic mass is 35.5. The Balaban J connectivity index is 2.15. The molecule has 0 saturated heterocycles. The van der Waals surface area contributed by atoms with Crippen LogP contribution in [-0.4, -0.2) is 16.3 Å². The molecule has 0 radical (unpaired) electrons. The molecular weight excluding hydrogens is 376 g/mol. The molecule has 0 aliphatic heterocycles. The summed E-state index contributed by atoms with van der Waals surface area (Å²) < 4.78 is 6.93. The molecule has 3 aromatic rings. The number of halogens is 1. The fraction of sp³-hybridized carbons (Fsp3) is 0.273. The number of hydrogen-bond donors (Lipinski definition) is 1. The molecule has 146 valence electrons. The van der Waals surface area contributed by atoms with Crippen LogP contribution in [0.25, 0.3) is 16.5 Å². The maximum absolute atomic E-state index is 13.3. The maximum atomic E-state index is 13.3. The Labute approximate surface area is 168 Å². The smallest absolute Gasteiger partial charge is 0.408 e. The molecule has 1 aromatic heterocycles. The van der Waals surface area contributed by atoms with E-state index in [0.29, 0.717) is 21.8 Å². The Morgan fingerprint density at radius 3 is 2.43 bits per heavy atom. The number of carbonyl (C=O) groups is 1. The normalized spacial score (nSPS) is 12.6. The lowest BCUT2D eigenvalue weighted by molar-refractivity contribution is 0.0506. The number of pyridine rings is 1. The molecular formula is C22H23ClN2O3. The highest BCUT2D eigenvalue weighted by molar-refractivity contribution is 6.35. The molecule has 1 heterocycles. The van der Waals surface area contributed by atoms with Crippen molar-refractivity contribution in [2.75, 3.05) is 0 Å². The van der Waals surface area contributed by atoms with Gasteiger partial charge in [0.1, 0.15) is 5.60 Å². The Kier molecular flexibility index (Phi) is 5.47. The van der Waals surface area contributed by atoms with E-state index in [1.54, 1.807) is 37.5 Å². The third kappa shape index (κ3) is 4.20. The van der Waals surface area contributed by atoms with Crippen molar-refractivity contribution in [1.82, 2.24) is 9.88 Å². The van der Waals surface area contributed by atoms with E-state index in [9.17, 15) is 9.59 Å². The van der Waals surface area contributed by atoms with E-state index in [0.717, 1.165) is 5.39 Å². The minimum atomic E-state index is -0.611. The molecule has 0 bridgehead atoms. The van der Waals surface area contributed by atoms with Crippen molar-refractivity contribution in [2.45, 2.75) is 39.3 Å². The summed E-state index contributed by atoms with van der Waals surface area (Å²) in [4.78, 5) is 25.6. The van der Waals surface area contributed by atoms with Crippen molar-refractivity contribution in [1.29, 1.82) is 0 Å². The van der Waals surface area contributed by atoms with Gasteiger partial charge in [0.15, 0.2) is 0 Å². The van der Waals surface area contributed by atoms with Crippen LogP contribution >= 0.6 is 11.6 Å². The zero-order chi connectivity index (χ0) is 20.5. The van der Waals surface area contributed by atoms with Gasteiger partial charge in [-0.3, -0.25) is 9.36 Å². The molecule has 3 rings (SSSR count). The average Bonchev–Trinajstić information content (AvgIpc) is 2.60. The van der Waals surface area contributed by atoms with Crippen molar-refractivity contribution >= 4 is 28.5 Å². The van der Waals surface area contributed by atoms with Crippen molar-refractivity contribution in [3.63, 3.8) is 0 Å². The molecule has 1 amide bonds. The predicted molar refractivity (Wildman–Crippen MR) is 112 cm³/mol. The van der Waals surface area contributed by atoms with E-state index < -0.39 is 17.7 Å². The van der Waals surface area contributed by atoms with Gasteiger partial charge in [0.05, 0.1) is 16.5 Å². The number of benzene rings is 2. The molecule has 28 heavy (non-hydrogen) atoms.